The third kappa shape index (κ3) is 3.62. The average molecular weight is 328 g/mol. The molecule has 3 unspecified atom stereocenters. The molecule has 0 aromatic heterocycles. The van der Waals surface area contributed by atoms with Gasteiger partial charge < -0.3 is 34.6 Å². The number of ether oxygens (including phenoxy) is 3. The van der Waals surface area contributed by atoms with Crippen molar-refractivity contribution in [1.29, 1.82) is 0 Å². The van der Waals surface area contributed by atoms with Crippen molar-refractivity contribution < 1.29 is 39.4 Å². The van der Waals surface area contributed by atoms with Gasteiger partial charge in [0.1, 0.15) is 24.4 Å². The molecule has 128 valence electrons. The maximum Gasteiger partial charge on any atom is 0.229 e. The summed E-state index contributed by atoms with van der Waals surface area (Å²) in [7, 11) is 1.39. The number of hydrogen-bond acceptors (Lipinski definition) is 8. The van der Waals surface area contributed by atoms with E-state index in [2.05, 4.69) is 0 Å². The van der Waals surface area contributed by atoms with E-state index in [9.17, 15) is 20.1 Å². The highest BCUT2D eigenvalue weighted by Crippen LogP contribution is 2.32. The predicted molar refractivity (Wildman–Crippen MR) is 77.4 cm³/mol. The number of carbonyl (C=O) groups is 1. The van der Waals surface area contributed by atoms with Crippen molar-refractivity contribution >= 4 is 5.78 Å². The van der Waals surface area contributed by atoms with Crippen LogP contribution in [-0.4, -0.2) is 70.6 Å². The van der Waals surface area contributed by atoms with Gasteiger partial charge >= 0.3 is 0 Å². The molecule has 1 saturated heterocycles. The van der Waals surface area contributed by atoms with Crippen LogP contribution in [0.4, 0.5) is 0 Å². The summed E-state index contributed by atoms with van der Waals surface area (Å²) in [6, 6.07) is 4.46. The summed E-state index contributed by atoms with van der Waals surface area (Å²) in [5, 5.41) is 38.6. The number of rotatable bonds is 5. The Hall–Kier alpha value is -1.71. The molecule has 2 rings (SSSR count). The van der Waals surface area contributed by atoms with Gasteiger partial charge in [0.05, 0.1) is 13.7 Å². The van der Waals surface area contributed by atoms with Crippen LogP contribution in [0, 0.1) is 0 Å². The Morgan fingerprint density at radius 3 is 2.43 bits per heavy atom. The first kappa shape index (κ1) is 17.6. The summed E-state index contributed by atoms with van der Waals surface area (Å²) in [6.07, 6.45) is -6.90. The summed E-state index contributed by atoms with van der Waals surface area (Å²) in [5.74, 6) is 0.277. The first-order chi connectivity index (χ1) is 10.9. The second kappa shape index (κ2) is 7.24. The molecule has 0 amide bonds. The third-order valence-electron chi connectivity index (χ3n) is 3.66. The summed E-state index contributed by atoms with van der Waals surface area (Å²) in [6.45, 7) is 0.859. The zero-order valence-corrected chi connectivity index (χ0v) is 12.7. The summed E-state index contributed by atoms with van der Waals surface area (Å²) >= 11 is 0. The minimum Gasteiger partial charge on any atom is -0.493 e. The van der Waals surface area contributed by atoms with Crippen molar-refractivity contribution in [3.63, 3.8) is 0 Å². The molecule has 4 N–H and O–H groups in total. The summed E-state index contributed by atoms with van der Waals surface area (Å²) < 4.78 is 15.9. The number of benzene rings is 1. The van der Waals surface area contributed by atoms with E-state index in [0.29, 0.717) is 5.56 Å². The van der Waals surface area contributed by atoms with E-state index in [4.69, 9.17) is 19.3 Å². The monoisotopic (exact) mass is 328 g/mol. The van der Waals surface area contributed by atoms with Crippen LogP contribution in [-0.2, 0) is 4.74 Å². The number of ketones is 1. The molecule has 1 aliphatic heterocycles. The standard InChI is InChI=1S/C15H20O8/c1-7(17)8-3-4-9(10(5-8)21-2)22-15-14(20)13(19)12(18)11(6-16)23-15/h3-5,11-16,18-20H,6H2,1-2H3/t11?,12-,13?,14?,15-/m1/s1. The van der Waals surface area contributed by atoms with Crippen molar-refractivity contribution in [2.75, 3.05) is 13.7 Å². The molecule has 0 radical (unpaired) electrons. The zero-order chi connectivity index (χ0) is 17.1. The normalized spacial score (nSPS) is 30.8. The first-order valence-electron chi connectivity index (χ1n) is 7.05. The molecule has 1 aromatic carbocycles. The molecular formula is C15H20O8. The van der Waals surface area contributed by atoms with Gasteiger partial charge in [-0.3, -0.25) is 4.79 Å². The highest BCUT2D eigenvalue weighted by Gasteiger charge is 2.44. The molecule has 0 spiro atoms. The lowest BCUT2D eigenvalue weighted by Crippen LogP contribution is -2.60. The average Bonchev–Trinajstić information content (AvgIpc) is 2.55. The van der Waals surface area contributed by atoms with Crippen molar-refractivity contribution in [3.05, 3.63) is 23.8 Å². The molecule has 0 bridgehead atoms. The fourth-order valence-corrected chi connectivity index (χ4v) is 2.27. The molecular weight excluding hydrogens is 308 g/mol. The van der Waals surface area contributed by atoms with Crippen molar-refractivity contribution in [2.24, 2.45) is 0 Å². The van der Waals surface area contributed by atoms with Crippen molar-refractivity contribution in [1.82, 2.24) is 0 Å². The quantitative estimate of drug-likeness (QED) is 0.511. The molecule has 5 atom stereocenters. The lowest BCUT2D eigenvalue weighted by Gasteiger charge is -2.39. The summed E-state index contributed by atoms with van der Waals surface area (Å²) in [4.78, 5) is 11.4. The van der Waals surface area contributed by atoms with Crippen molar-refractivity contribution in [2.45, 2.75) is 37.6 Å². The molecule has 0 aliphatic carbocycles. The minimum atomic E-state index is -1.53. The Bertz CT molecular complexity index is 558. The Morgan fingerprint density at radius 1 is 1.17 bits per heavy atom. The van der Waals surface area contributed by atoms with Crippen LogP contribution >= 0.6 is 0 Å². The van der Waals surface area contributed by atoms with Gasteiger partial charge in [-0.1, -0.05) is 0 Å². The van der Waals surface area contributed by atoms with E-state index in [-0.39, 0.29) is 17.3 Å². The molecule has 8 heteroatoms. The van der Waals surface area contributed by atoms with E-state index < -0.39 is 37.3 Å². The number of aliphatic hydroxyl groups excluding tert-OH is 4. The lowest BCUT2D eigenvalue weighted by atomic mass is 9.99. The van der Waals surface area contributed by atoms with Gasteiger partial charge in [0.15, 0.2) is 17.3 Å². The highest BCUT2D eigenvalue weighted by atomic mass is 16.7. The Kier molecular flexibility index (Phi) is 5.55. The van der Waals surface area contributed by atoms with E-state index >= 15 is 0 Å². The molecule has 1 aromatic rings. The van der Waals surface area contributed by atoms with E-state index in [1.54, 1.807) is 0 Å². The minimum absolute atomic E-state index is 0.150. The van der Waals surface area contributed by atoms with E-state index in [1.807, 2.05) is 0 Å². The van der Waals surface area contributed by atoms with Crippen LogP contribution in [0.2, 0.25) is 0 Å². The van der Waals surface area contributed by atoms with E-state index in [0.717, 1.165) is 0 Å². The Balaban J connectivity index is 2.22. The zero-order valence-electron chi connectivity index (χ0n) is 12.7. The molecule has 1 fully saturated rings. The SMILES string of the molecule is COc1cc(C(C)=O)ccc1O[C@@H]1OC(CO)[C@@H](O)C(O)C1O. The number of carbonyl (C=O) groups excluding carboxylic acids is 1. The first-order valence-corrected chi connectivity index (χ1v) is 7.05. The maximum absolute atomic E-state index is 11.4. The van der Waals surface area contributed by atoms with E-state index in [1.165, 1.54) is 32.2 Å². The number of methoxy groups -OCH3 is 1. The smallest absolute Gasteiger partial charge is 0.229 e. The Labute approximate surface area is 132 Å². The number of aliphatic hydroxyl groups is 4. The summed E-state index contributed by atoms with van der Waals surface area (Å²) in [5.41, 5.74) is 0.419. The van der Waals surface area contributed by atoms with Gasteiger partial charge in [-0.05, 0) is 25.1 Å². The van der Waals surface area contributed by atoms with Gasteiger partial charge in [0, 0.05) is 5.56 Å². The van der Waals surface area contributed by atoms with Crippen LogP contribution in [0.15, 0.2) is 18.2 Å². The molecule has 8 nitrogen and oxygen atoms in total. The van der Waals surface area contributed by atoms with Crippen molar-refractivity contribution in [3.8, 4) is 11.5 Å². The number of hydrogen-bond donors (Lipinski definition) is 4. The van der Waals surface area contributed by atoms with Gasteiger partial charge in [-0.2, -0.15) is 0 Å². The van der Waals surface area contributed by atoms with Gasteiger partial charge in [-0.25, -0.2) is 0 Å². The third-order valence-corrected chi connectivity index (χ3v) is 3.66. The molecule has 0 saturated carbocycles. The maximum atomic E-state index is 11.4. The van der Waals surface area contributed by atoms with Gasteiger partial charge in [-0.15, -0.1) is 0 Å². The van der Waals surface area contributed by atoms with Crippen LogP contribution in [0.1, 0.15) is 17.3 Å². The molecule has 1 heterocycles. The second-order valence-corrected chi connectivity index (χ2v) is 5.24. The van der Waals surface area contributed by atoms with Crippen LogP contribution < -0.4 is 9.47 Å². The lowest BCUT2D eigenvalue weighted by molar-refractivity contribution is -0.277. The second-order valence-electron chi connectivity index (χ2n) is 5.24. The van der Waals surface area contributed by atoms with Gasteiger partial charge in [0.25, 0.3) is 0 Å². The van der Waals surface area contributed by atoms with Crippen LogP contribution in [0.5, 0.6) is 11.5 Å². The fourth-order valence-electron chi connectivity index (χ4n) is 2.27. The Morgan fingerprint density at radius 2 is 1.87 bits per heavy atom. The number of Topliss-reactive ketones (excluding diaryl/α,β-unsaturated/α-hetero) is 1. The topological polar surface area (TPSA) is 126 Å². The van der Waals surface area contributed by atoms with Crippen LogP contribution in [0.3, 0.4) is 0 Å². The molecule has 23 heavy (non-hydrogen) atoms. The molecule has 1 aliphatic rings. The van der Waals surface area contributed by atoms with Crippen LogP contribution in [0.25, 0.3) is 0 Å². The largest absolute Gasteiger partial charge is 0.493 e. The van der Waals surface area contributed by atoms with Gasteiger partial charge in [0.2, 0.25) is 6.29 Å². The fraction of sp³-hybridized carbons (Fsp3) is 0.533. The predicted octanol–water partition coefficient (Wildman–Crippen LogP) is -0.924. The highest BCUT2D eigenvalue weighted by molar-refractivity contribution is 5.94.